The molecule has 2 amide bonds. The predicted molar refractivity (Wildman–Crippen MR) is 104 cm³/mol. The zero-order chi connectivity index (χ0) is 20.2. The second kappa shape index (κ2) is 8.61. The van der Waals surface area contributed by atoms with Crippen LogP contribution in [0, 0.1) is 5.82 Å². The van der Waals surface area contributed by atoms with Crippen LogP contribution >= 0.6 is 0 Å². The molecular formula is C22H23FN2O4. The molecular weight excluding hydrogens is 375 g/mol. The lowest BCUT2D eigenvalue weighted by molar-refractivity contribution is -0.139. The van der Waals surface area contributed by atoms with Crippen LogP contribution in [0.3, 0.4) is 0 Å². The molecule has 2 heterocycles. The number of para-hydroxylation sites is 1. The van der Waals surface area contributed by atoms with Gasteiger partial charge in [0.2, 0.25) is 5.91 Å². The highest BCUT2D eigenvalue weighted by atomic mass is 19.1. The maximum absolute atomic E-state index is 14.2. The largest absolute Gasteiger partial charge is 0.488 e. The zero-order valence-electron chi connectivity index (χ0n) is 16.0. The Hall–Kier alpha value is -2.93. The number of ether oxygens (including phenoxy) is 2. The first-order valence-electron chi connectivity index (χ1n) is 9.77. The van der Waals surface area contributed by atoms with Gasteiger partial charge in [-0.3, -0.25) is 9.59 Å². The van der Waals surface area contributed by atoms with Crippen molar-refractivity contribution in [1.82, 2.24) is 9.80 Å². The first kappa shape index (κ1) is 19.4. The molecule has 4 rings (SSSR count). The topological polar surface area (TPSA) is 59.1 Å². The summed E-state index contributed by atoms with van der Waals surface area (Å²) in [7, 11) is 0. The summed E-state index contributed by atoms with van der Waals surface area (Å²) < 4.78 is 25.6. The van der Waals surface area contributed by atoms with Crippen molar-refractivity contribution in [3.63, 3.8) is 0 Å². The van der Waals surface area contributed by atoms with Crippen molar-refractivity contribution in [1.29, 1.82) is 0 Å². The number of carbonyl (C=O) groups excluding carboxylic acids is 2. The number of rotatable bonds is 4. The normalized spacial score (nSPS) is 21.8. The van der Waals surface area contributed by atoms with Crippen LogP contribution in [0.4, 0.5) is 4.39 Å². The monoisotopic (exact) mass is 398 g/mol. The quantitative estimate of drug-likeness (QED) is 0.793. The van der Waals surface area contributed by atoms with Crippen molar-refractivity contribution in [3.05, 3.63) is 66.0 Å². The molecule has 7 heteroatoms. The molecule has 152 valence electrons. The number of benzene rings is 2. The molecule has 2 fully saturated rings. The Morgan fingerprint density at radius 3 is 2.41 bits per heavy atom. The van der Waals surface area contributed by atoms with E-state index in [4.69, 9.17) is 9.47 Å². The van der Waals surface area contributed by atoms with E-state index in [2.05, 4.69) is 0 Å². The van der Waals surface area contributed by atoms with Crippen molar-refractivity contribution >= 4 is 11.8 Å². The van der Waals surface area contributed by atoms with E-state index < -0.39 is 17.8 Å². The lowest BCUT2D eigenvalue weighted by Gasteiger charge is -2.32. The predicted octanol–water partition coefficient (Wildman–Crippen LogP) is 2.35. The minimum atomic E-state index is -0.686. The number of amides is 2. The van der Waals surface area contributed by atoms with Gasteiger partial charge in [-0.25, -0.2) is 4.39 Å². The molecule has 0 unspecified atom stereocenters. The third-order valence-corrected chi connectivity index (χ3v) is 5.28. The Morgan fingerprint density at radius 1 is 1.00 bits per heavy atom. The van der Waals surface area contributed by atoms with Gasteiger partial charge in [0.15, 0.2) is 0 Å². The lowest BCUT2D eigenvalue weighted by atomic mass is 10.1. The Balaban J connectivity index is 1.57. The van der Waals surface area contributed by atoms with Gasteiger partial charge in [-0.2, -0.15) is 0 Å². The highest BCUT2D eigenvalue weighted by molar-refractivity contribution is 5.98. The molecule has 2 aromatic carbocycles. The van der Waals surface area contributed by atoms with Gasteiger partial charge in [-0.1, -0.05) is 30.3 Å². The Morgan fingerprint density at radius 2 is 1.69 bits per heavy atom. The van der Waals surface area contributed by atoms with E-state index in [9.17, 15) is 14.0 Å². The number of halogens is 1. The summed E-state index contributed by atoms with van der Waals surface area (Å²) in [5, 5.41) is 0. The minimum absolute atomic E-state index is 0.0346. The number of likely N-dealkylation sites (tertiary alicyclic amines) is 1. The molecule has 2 saturated heterocycles. The van der Waals surface area contributed by atoms with Crippen LogP contribution in [0.25, 0.3) is 0 Å². The average molecular weight is 398 g/mol. The fourth-order valence-corrected chi connectivity index (χ4v) is 3.82. The van der Waals surface area contributed by atoms with E-state index in [1.54, 1.807) is 11.0 Å². The van der Waals surface area contributed by atoms with Gasteiger partial charge in [0, 0.05) is 19.5 Å². The molecule has 29 heavy (non-hydrogen) atoms. The summed E-state index contributed by atoms with van der Waals surface area (Å²) >= 11 is 0. The fraction of sp³-hybridized carbons (Fsp3) is 0.364. The smallest absolute Gasteiger partial charge is 0.257 e. The Labute approximate surface area is 168 Å². The summed E-state index contributed by atoms with van der Waals surface area (Å²) in [6, 6.07) is 14.4. The van der Waals surface area contributed by atoms with Gasteiger partial charge >= 0.3 is 0 Å². The first-order chi connectivity index (χ1) is 14.1. The maximum Gasteiger partial charge on any atom is 0.257 e. The number of nitrogens with zero attached hydrogens (tertiary/aromatic N) is 2. The SMILES string of the molecule is O=C([C@H]1C[C@H](Oc2ccccc2)CN1C(=O)c1ccccc1F)N1CCOCC1. The van der Waals surface area contributed by atoms with Crippen LogP contribution in [0.5, 0.6) is 5.75 Å². The van der Waals surface area contributed by atoms with Crippen molar-refractivity contribution in [2.75, 3.05) is 32.8 Å². The van der Waals surface area contributed by atoms with Gasteiger partial charge in [0.25, 0.3) is 5.91 Å². The van der Waals surface area contributed by atoms with Crippen LogP contribution in [-0.4, -0.2) is 66.6 Å². The average Bonchev–Trinajstić information content (AvgIpc) is 3.18. The maximum atomic E-state index is 14.2. The first-order valence-corrected chi connectivity index (χ1v) is 9.77. The van der Waals surface area contributed by atoms with E-state index in [0.717, 1.165) is 0 Å². The zero-order valence-corrected chi connectivity index (χ0v) is 16.0. The van der Waals surface area contributed by atoms with Crippen LogP contribution in [0.2, 0.25) is 0 Å². The summed E-state index contributed by atoms with van der Waals surface area (Å²) in [6.45, 7) is 2.15. The summed E-state index contributed by atoms with van der Waals surface area (Å²) in [5.41, 5.74) is -0.0346. The van der Waals surface area contributed by atoms with Gasteiger partial charge in [0.05, 0.1) is 25.3 Å². The molecule has 0 aliphatic carbocycles. The highest BCUT2D eigenvalue weighted by Gasteiger charge is 2.43. The van der Waals surface area contributed by atoms with E-state index in [-0.39, 0.29) is 24.1 Å². The molecule has 2 aliphatic rings. The van der Waals surface area contributed by atoms with Gasteiger partial charge in [-0.05, 0) is 24.3 Å². The van der Waals surface area contributed by atoms with E-state index in [1.807, 2.05) is 30.3 Å². The second-order valence-corrected chi connectivity index (χ2v) is 7.18. The molecule has 0 spiro atoms. The Bertz CT molecular complexity index is 870. The van der Waals surface area contributed by atoms with Crippen molar-refractivity contribution in [2.24, 2.45) is 0 Å². The lowest BCUT2D eigenvalue weighted by Crippen LogP contribution is -2.51. The molecule has 0 saturated carbocycles. The molecule has 2 atom stereocenters. The molecule has 0 radical (unpaired) electrons. The van der Waals surface area contributed by atoms with Gasteiger partial charge in [0.1, 0.15) is 23.7 Å². The van der Waals surface area contributed by atoms with Crippen molar-refractivity contribution < 1.29 is 23.5 Å². The molecule has 2 aliphatic heterocycles. The number of morpholine rings is 1. The Kier molecular flexibility index (Phi) is 5.76. The van der Waals surface area contributed by atoms with Gasteiger partial charge < -0.3 is 19.3 Å². The summed E-state index contributed by atoms with van der Waals surface area (Å²) in [5.74, 6) is -0.552. The third-order valence-electron chi connectivity index (χ3n) is 5.28. The second-order valence-electron chi connectivity index (χ2n) is 7.18. The number of hydrogen-bond donors (Lipinski definition) is 0. The van der Waals surface area contributed by atoms with Crippen LogP contribution in [0.15, 0.2) is 54.6 Å². The minimum Gasteiger partial charge on any atom is -0.488 e. The molecule has 0 bridgehead atoms. The van der Waals surface area contributed by atoms with E-state index in [0.29, 0.717) is 38.5 Å². The highest BCUT2D eigenvalue weighted by Crippen LogP contribution is 2.27. The van der Waals surface area contributed by atoms with Crippen LogP contribution < -0.4 is 4.74 Å². The summed E-state index contributed by atoms with van der Waals surface area (Å²) in [4.78, 5) is 29.4. The standard InChI is InChI=1S/C22H23FN2O4/c23-19-9-5-4-8-18(19)21(26)25-15-17(29-16-6-2-1-3-7-16)14-20(25)22(27)24-10-12-28-13-11-24/h1-9,17,20H,10-15H2/t17-,20+/m0/s1. The van der Waals surface area contributed by atoms with Crippen molar-refractivity contribution in [3.8, 4) is 5.75 Å². The number of carbonyl (C=O) groups is 2. The van der Waals surface area contributed by atoms with Crippen LogP contribution in [-0.2, 0) is 9.53 Å². The fourth-order valence-electron chi connectivity index (χ4n) is 3.82. The van der Waals surface area contributed by atoms with Crippen LogP contribution in [0.1, 0.15) is 16.8 Å². The molecule has 2 aromatic rings. The molecule has 6 nitrogen and oxygen atoms in total. The van der Waals surface area contributed by atoms with E-state index in [1.165, 1.54) is 23.1 Å². The third kappa shape index (κ3) is 4.24. The molecule has 0 N–H and O–H groups in total. The summed E-state index contributed by atoms with van der Waals surface area (Å²) in [6.07, 6.45) is 0.0220. The molecule has 0 aromatic heterocycles. The number of hydrogen-bond acceptors (Lipinski definition) is 4. The van der Waals surface area contributed by atoms with Crippen molar-refractivity contribution in [2.45, 2.75) is 18.6 Å². The van der Waals surface area contributed by atoms with E-state index >= 15 is 0 Å². The van der Waals surface area contributed by atoms with Gasteiger partial charge in [-0.15, -0.1) is 0 Å².